The molecule has 0 bridgehead atoms. The van der Waals surface area contributed by atoms with Crippen LogP contribution in [0, 0.1) is 18.8 Å². The molecule has 1 aromatic carbocycles. The Kier molecular flexibility index (Phi) is 6.15. The van der Waals surface area contributed by atoms with Crippen LogP contribution in [0.5, 0.6) is 0 Å². The average molecular weight is 447 g/mol. The van der Waals surface area contributed by atoms with Gasteiger partial charge in [-0.2, -0.15) is 0 Å². The van der Waals surface area contributed by atoms with Gasteiger partial charge in [0.05, 0.1) is 0 Å². The van der Waals surface area contributed by atoms with E-state index in [9.17, 15) is 14.4 Å². The minimum absolute atomic E-state index is 0.216. The summed E-state index contributed by atoms with van der Waals surface area (Å²) >= 11 is 6.15. The van der Waals surface area contributed by atoms with Gasteiger partial charge in [-0.3, -0.25) is 14.5 Å². The highest BCUT2D eigenvalue weighted by Crippen LogP contribution is 2.36. The first-order valence-corrected chi connectivity index (χ1v) is 11.6. The van der Waals surface area contributed by atoms with Crippen molar-refractivity contribution in [3.05, 3.63) is 28.8 Å². The van der Waals surface area contributed by atoms with Crippen molar-refractivity contribution < 1.29 is 14.4 Å². The summed E-state index contributed by atoms with van der Waals surface area (Å²) in [7, 11) is 0. The number of urea groups is 1. The molecule has 31 heavy (non-hydrogen) atoms. The minimum Gasteiger partial charge on any atom is -0.371 e. The maximum Gasteiger partial charge on any atom is 0.325 e. The van der Waals surface area contributed by atoms with E-state index < -0.39 is 11.6 Å². The summed E-state index contributed by atoms with van der Waals surface area (Å²) in [4.78, 5) is 41.2. The monoisotopic (exact) mass is 446 g/mol. The molecule has 168 valence electrons. The molecular formula is C23H31ClN4O3. The van der Waals surface area contributed by atoms with E-state index in [0.29, 0.717) is 31.2 Å². The van der Waals surface area contributed by atoms with Gasteiger partial charge in [-0.15, -0.1) is 0 Å². The molecule has 0 aromatic heterocycles. The zero-order valence-electron chi connectivity index (χ0n) is 18.2. The van der Waals surface area contributed by atoms with Crippen molar-refractivity contribution in [1.82, 2.24) is 15.5 Å². The topological polar surface area (TPSA) is 81.8 Å². The highest BCUT2D eigenvalue weighted by molar-refractivity contribution is 6.30. The molecule has 1 aliphatic carbocycles. The number of benzene rings is 1. The predicted molar refractivity (Wildman–Crippen MR) is 120 cm³/mol. The summed E-state index contributed by atoms with van der Waals surface area (Å²) < 4.78 is 0. The van der Waals surface area contributed by atoms with E-state index in [4.69, 9.17) is 11.6 Å². The Bertz CT molecular complexity index is 882. The lowest BCUT2D eigenvalue weighted by Gasteiger charge is -2.33. The molecule has 3 aliphatic rings. The van der Waals surface area contributed by atoms with Gasteiger partial charge < -0.3 is 15.5 Å². The van der Waals surface area contributed by atoms with E-state index in [1.165, 1.54) is 5.56 Å². The maximum atomic E-state index is 12.9. The van der Waals surface area contributed by atoms with Crippen LogP contribution in [0.2, 0.25) is 5.02 Å². The Labute approximate surface area is 188 Å². The number of hydrogen-bond donors (Lipinski definition) is 2. The summed E-state index contributed by atoms with van der Waals surface area (Å²) in [5, 5.41) is 6.51. The Morgan fingerprint density at radius 3 is 2.74 bits per heavy atom. The molecule has 7 nitrogen and oxygen atoms in total. The first kappa shape index (κ1) is 21.9. The van der Waals surface area contributed by atoms with Gasteiger partial charge in [0, 0.05) is 30.3 Å². The van der Waals surface area contributed by atoms with Gasteiger partial charge in [0.25, 0.3) is 5.91 Å². The van der Waals surface area contributed by atoms with E-state index in [-0.39, 0.29) is 18.4 Å². The van der Waals surface area contributed by atoms with Crippen LogP contribution in [0.15, 0.2) is 18.2 Å². The summed E-state index contributed by atoms with van der Waals surface area (Å²) in [5.41, 5.74) is 1.51. The number of nitrogens with zero attached hydrogens (tertiary/aromatic N) is 2. The van der Waals surface area contributed by atoms with Gasteiger partial charge in [-0.25, -0.2) is 4.79 Å². The summed E-state index contributed by atoms with van der Waals surface area (Å²) in [6, 6.07) is 5.45. The normalized spacial score (nSPS) is 28.4. The summed E-state index contributed by atoms with van der Waals surface area (Å²) in [5.74, 6) is 0.344. The number of hydrogen-bond acceptors (Lipinski definition) is 4. The lowest BCUT2D eigenvalue weighted by atomic mass is 9.77. The first-order valence-electron chi connectivity index (χ1n) is 11.2. The lowest BCUT2D eigenvalue weighted by Crippen LogP contribution is -2.50. The van der Waals surface area contributed by atoms with Gasteiger partial charge in [-0.05, 0) is 68.6 Å². The first-order chi connectivity index (χ1) is 14.8. The van der Waals surface area contributed by atoms with Crippen molar-refractivity contribution in [3.8, 4) is 0 Å². The van der Waals surface area contributed by atoms with E-state index in [0.717, 1.165) is 48.0 Å². The molecule has 2 saturated heterocycles. The molecule has 1 saturated carbocycles. The SMILES string of the molecule is Cc1ccc(Cl)cc1N1CCC(CNC(=O)CN2C(=O)NC3(CCC(C)CC3)C2=O)C1. The Morgan fingerprint density at radius 1 is 1.26 bits per heavy atom. The Morgan fingerprint density at radius 2 is 2.00 bits per heavy atom. The Balaban J connectivity index is 1.28. The molecule has 2 heterocycles. The van der Waals surface area contributed by atoms with Gasteiger partial charge >= 0.3 is 6.03 Å². The second kappa shape index (κ2) is 8.69. The average Bonchev–Trinajstić information content (AvgIpc) is 3.30. The highest BCUT2D eigenvalue weighted by Gasteiger charge is 2.52. The zero-order valence-corrected chi connectivity index (χ0v) is 19.0. The number of carbonyl (C=O) groups excluding carboxylic acids is 3. The standard InChI is InChI=1S/C23H31ClN4O3/c1-15-5-8-23(9-6-15)21(30)28(22(31)26-23)14-20(29)25-12-17-7-10-27(13-17)19-11-18(24)4-3-16(19)2/h3-4,11,15,17H,5-10,12-14H2,1-2H3,(H,25,29)(H,26,31). The molecule has 4 amide bonds. The molecule has 1 unspecified atom stereocenters. The Hall–Kier alpha value is -2.28. The molecule has 8 heteroatoms. The fourth-order valence-electron chi connectivity index (χ4n) is 5.01. The highest BCUT2D eigenvalue weighted by atomic mass is 35.5. The number of anilines is 1. The molecule has 1 spiro atoms. The van der Waals surface area contributed by atoms with Crippen LogP contribution in [0.1, 0.15) is 44.6 Å². The number of aryl methyl sites for hydroxylation is 1. The molecule has 2 aliphatic heterocycles. The summed E-state index contributed by atoms with van der Waals surface area (Å²) in [6.45, 7) is 6.30. The van der Waals surface area contributed by atoms with Crippen molar-refractivity contribution in [2.24, 2.45) is 11.8 Å². The largest absolute Gasteiger partial charge is 0.371 e. The lowest BCUT2D eigenvalue weighted by molar-refractivity contribution is -0.136. The molecule has 0 radical (unpaired) electrons. The van der Waals surface area contributed by atoms with Crippen LogP contribution >= 0.6 is 11.6 Å². The van der Waals surface area contributed by atoms with Crippen LogP contribution in [0.3, 0.4) is 0 Å². The van der Waals surface area contributed by atoms with Crippen molar-refractivity contribution in [2.75, 3.05) is 31.1 Å². The second-order valence-electron chi connectivity index (χ2n) is 9.42. The fraction of sp³-hybridized carbons (Fsp3) is 0.609. The number of rotatable bonds is 5. The van der Waals surface area contributed by atoms with Crippen LogP contribution < -0.4 is 15.5 Å². The van der Waals surface area contributed by atoms with Gasteiger partial charge in [0.1, 0.15) is 12.1 Å². The van der Waals surface area contributed by atoms with E-state index in [1.54, 1.807) is 0 Å². The van der Waals surface area contributed by atoms with Crippen molar-refractivity contribution in [3.63, 3.8) is 0 Å². The third-order valence-corrected chi connectivity index (χ3v) is 7.30. The molecule has 4 rings (SSSR count). The van der Waals surface area contributed by atoms with E-state index in [1.807, 2.05) is 18.2 Å². The van der Waals surface area contributed by atoms with Crippen molar-refractivity contribution in [1.29, 1.82) is 0 Å². The number of nitrogens with one attached hydrogen (secondary N) is 2. The third kappa shape index (κ3) is 4.52. The number of imide groups is 1. The van der Waals surface area contributed by atoms with Gasteiger partial charge in [0.2, 0.25) is 5.91 Å². The van der Waals surface area contributed by atoms with Crippen molar-refractivity contribution >= 4 is 35.1 Å². The smallest absolute Gasteiger partial charge is 0.325 e. The van der Waals surface area contributed by atoms with E-state index >= 15 is 0 Å². The van der Waals surface area contributed by atoms with Crippen molar-refractivity contribution in [2.45, 2.75) is 51.5 Å². The maximum absolute atomic E-state index is 12.9. The van der Waals surface area contributed by atoms with Crippen LogP contribution in [0.4, 0.5) is 10.5 Å². The minimum atomic E-state index is -0.801. The zero-order chi connectivity index (χ0) is 22.2. The third-order valence-electron chi connectivity index (χ3n) is 7.06. The molecular weight excluding hydrogens is 416 g/mol. The summed E-state index contributed by atoms with van der Waals surface area (Å²) in [6.07, 6.45) is 4.10. The van der Waals surface area contributed by atoms with Gasteiger partial charge in [0.15, 0.2) is 0 Å². The fourth-order valence-corrected chi connectivity index (χ4v) is 5.18. The number of carbonyl (C=O) groups is 3. The molecule has 3 fully saturated rings. The van der Waals surface area contributed by atoms with Crippen LogP contribution in [-0.2, 0) is 9.59 Å². The molecule has 2 N–H and O–H groups in total. The number of halogens is 1. The quantitative estimate of drug-likeness (QED) is 0.681. The molecule has 1 atom stereocenters. The van der Waals surface area contributed by atoms with E-state index in [2.05, 4.69) is 29.4 Å². The number of amides is 4. The molecule has 1 aromatic rings. The van der Waals surface area contributed by atoms with Crippen LogP contribution in [-0.4, -0.2) is 54.5 Å². The van der Waals surface area contributed by atoms with Gasteiger partial charge in [-0.1, -0.05) is 24.6 Å². The van der Waals surface area contributed by atoms with Crippen LogP contribution in [0.25, 0.3) is 0 Å². The predicted octanol–water partition coefficient (Wildman–Crippen LogP) is 3.09. The second-order valence-corrected chi connectivity index (χ2v) is 9.86.